The lowest BCUT2D eigenvalue weighted by molar-refractivity contribution is -0.134. The normalized spacial score (nSPS) is 21.5. The number of carbonyl (C=O) groups excluding carboxylic acids is 3. The zero-order chi connectivity index (χ0) is 19.9. The summed E-state index contributed by atoms with van der Waals surface area (Å²) < 4.78 is 0. The number of hydrogen-bond acceptors (Lipinski definition) is 3. The van der Waals surface area contributed by atoms with Gasteiger partial charge in [0, 0.05) is 17.3 Å². The Bertz CT molecular complexity index is 960. The fourth-order valence-electron chi connectivity index (χ4n) is 3.83. The molecule has 28 heavy (non-hydrogen) atoms. The van der Waals surface area contributed by atoms with Crippen LogP contribution in [-0.2, 0) is 21.5 Å². The fraction of sp³-hybridized carbons (Fsp3) is 0.286. The van der Waals surface area contributed by atoms with Crippen LogP contribution < -0.4 is 10.2 Å². The molecule has 1 saturated heterocycles. The molecule has 0 bridgehead atoms. The van der Waals surface area contributed by atoms with E-state index in [4.69, 9.17) is 11.6 Å². The Hall–Kier alpha value is -2.86. The minimum Gasteiger partial charge on any atom is -0.319 e. The topological polar surface area (TPSA) is 69.7 Å². The van der Waals surface area contributed by atoms with Crippen LogP contribution in [0, 0.1) is 0 Å². The number of fused-ring (bicyclic) bond motifs is 1. The first-order chi connectivity index (χ1) is 13.4. The molecule has 2 aromatic carbocycles. The molecule has 2 aromatic rings. The third-order valence-corrected chi connectivity index (χ3v) is 5.65. The highest BCUT2D eigenvalue weighted by molar-refractivity contribution is 6.30. The molecule has 4 rings (SSSR count). The second kappa shape index (κ2) is 6.95. The highest BCUT2D eigenvalue weighted by atomic mass is 35.5. The Kier molecular flexibility index (Phi) is 4.59. The number of nitrogens with one attached hydrogen (secondary N) is 1. The molecular formula is C21H20ClN3O3. The average Bonchev–Trinajstić information content (AvgIpc) is 2.92. The second-order valence-corrected chi connectivity index (χ2v) is 7.67. The molecular weight excluding hydrogens is 378 g/mol. The van der Waals surface area contributed by atoms with Gasteiger partial charge in [0.2, 0.25) is 5.91 Å². The lowest BCUT2D eigenvalue weighted by Crippen LogP contribution is -2.46. The molecule has 1 N–H and O–H groups in total. The van der Waals surface area contributed by atoms with E-state index < -0.39 is 17.5 Å². The number of urea groups is 1. The Morgan fingerprint density at radius 3 is 2.61 bits per heavy atom. The number of para-hydroxylation sites is 1. The van der Waals surface area contributed by atoms with Gasteiger partial charge in [-0.25, -0.2) is 4.79 Å². The predicted octanol–water partition coefficient (Wildman–Crippen LogP) is 3.09. The van der Waals surface area contributed by atoms with Crippen LogP contribution in [-0.4, -0.2) is 35.8 Å². The smallest absolute Gasteiger partial charge is 0.319 e. The van der Waals surface area contributed by atoms with Gasteiger partial charge in [0.05, 0.1) is 0 Å². The number of rotatable bonds is 3. The summed E-state index contributed by atoms with van der Waals surface area (Å²) in [5.74, 6) is -0.713. The molecule has 1 atom stereocenters. The van der Waals surface area contributed by atoms with Gasteiger partial charge in [-0.15, -0.1) is 0 Å². The van der Waals surface area contributed by atoms with E-state index in [0.717, 1.165) is 29.0 Å². The number of amides is 4. The highest BCUT2D eigenvalue weighted by Crippen LogP contribution is 2.31. The van der Waals surface area contributed by atoms with E-state index in [-0.39, 0.29) is 12.5 Å². The van der Waals surface area contributed by atoms with Crippen LogP contribution in [0.15, 0.2) is 48.5 Å². The molecule has 7 heteroatoms. The van der Waals surface area contributed by atoms with Crippen molar-refractivity contribution in [3.8, 4) is 0 Å². The molecule has 0 radical (unpaired) electrons. The first-order valence-corrected chi connectivity index (χ1v) is 9.56. The summed E-state index contributed by atoms with van der Waals surface area (Å²) in [6.07, 6.45) is 1.77. The van der Waals surface area contributed by atoms with Crippen molar-refractivity contribution in [2.45, 2.75) is 25.3 Å². The number of aryl methyl sites for hydroxylation is 1. The molecule has 1 unspecified atom stereocenters. The van der Waals surface area contributed by atoms with Gasteiger partial charge < -0.3 is 10.2 Å². The van der Waals surface area contributed by atoms with Crippen LogP contribution in [0.2, 0.25) is 5.02 Å². The van der Waals surface area contributed by atoms with E-state index >= 15 is 0 Å². The van der Waals surface area contributed by atoms with Crippen LogP contribution >= 0.6 is 11.6 Å². The summed E-state index contributed by atoms with van der Waals surface area (Å²) in [5, 5.41) is 3.26. The van der Waals surface area contributed by atoms with Gasteiger partial charge >= 0.3 is 6.03 Å². The molecule has 0 aliphatic carbocycles. The van der Waals surface area contributed by atoms with E-state index in [1.165, 1.54) is 0 Å². The molecule has 2 aliphatic heterocycles. The second-order valence-electron chi connectivity index (χ2n) is 7.23. The number of carbonyl (C=O) groups is 3. The summed E-state index contributed by atoms with van der Waals surface area (Å²) in [7, 11) is 0. The Labute approximate surface area is 168 Å². The van der Waals surface area contributed by atoms with Crippen molar-refractivity contribution < 1.29 is 14.4 Å². The summed E-state index contributed by atoms with van der Waals surface area (Å²) >= 11 is 5.92. The number of anilines is 1. The highest BCUT2D eigenvalue weighted by Gasteiger charge is 2.49. The van der Waals surface area contributed by atoms with Gasteiger partial charge in [0.15, 0.2) is 0 Å². The quantitative estimate of drug-likeness (QED) is 0.809. The number of benzene rings is 2. The molecule has 0 saturated carbocycles. The van der Waals surface area contributed by atoms with E-state index in [1.807, 2.05) is 24.3 Å². The molecule has 2 heterocycles. The number of hydrogen-bond donors (Lipinski definition) is 1. The zero-order valence-corrected chi connectivity index (χ0v) is 16.2. The third kappa shape index (κ3) is 3.03. The van der Waals surface area contributed by atoms with Crippen molar-refractivity contribution in [3.63, 3.8) is 0 Å². The van der Waals surface area contributed by atoms with Gasteiger partial charge in [-0.1, -0.05) is 41.9 Å². The van der Waals surface area contributed by atoms with Gasteiger partial charge in [-0.2, -0.15) is 0 Å². The Balaban J connectivity index is 1.56. The standard InChI is InChI=1S/C21H20ClN3O3/c1-21(15-8-10-16(22)11-9-15)19(27)25(20(28)23-21)13-18(26)24-12-4-6-14-5-2-3-7-17(14)24/h2-3,5,7-11H,4,6,12-13H2,1H3,(H,23,28). The van der Waals surface area contributed by atoms with E-state index in [2.05, 4.69) is 5.32 Å². The Morgan fingerprint density at radius 2 is 1.86 bits per heavy atom. The SMILES string of the molecule is CC1(c2ccc(Cl)cc2)NC(=O)N(CC(=O)N2CCCc3ccccc32)C1=O. The number of imide groups is 1. The molecule has 144 valence electrons. The molecule has 4 amide bonds. The van der Waals surface area contributed by atoms with Crippen LogP contribution in [0.5, 0.6) is 0 Å². The fourth-order valence-corrected chi connectivity index (χ4v) is 3.96. The predicted molar refractivity (Wildman–Crippen MR) is 106 cm³/mol. The third-order valence-electron chi connectivity index (χ3n) is 5.40. The summed E-state index contributed by atoms with van der Waals surface area (Å²) in [6.45, 7) is 1.92. The van der Waals surface area contributed by atoms with Crippen molar-refractivity contribution in [1.82, 2.24) is 10.2 Å². The number of halogens is 1. The van der Waals surface area contributed by atoms with Crippen molar-refractivity contribution in [1.29, 1.82) is 0 Å². The van der Waals surface area contributed by atoms with E-state index in [9.17, 15) is 14.4 Å². The van der Waals surface area contributed by atoms with Crippen LogP contribution in [0.3, 0.4) is 0 Å². The Morgan fingerprint density at radius 1 is 1.14 bits per heavy atom. The van der Waals surface area contributed by atoms with Crippen molar-refractivity contribution in [3.05, 3.63) is 64.7 Å². The summed E-state index contributed by atoms with van der Waals surface area (Å²) in [5.41, 5.74) is 1.35. The largest absolute Gasteiger partial charge is 0.325 e. The summed E-state index contributed by atoms with van der Waals surface area (Å²) in [4.78, 5) is 41.1. The molecule has 6 nitrogen and oxygen atoms in total. The van der Waals surface area contributed by atoms with Crippen LogP contribution in [0.25, 0.3) is 0 Å². The lowest BCUT2D eigenvalue weighted by Gasteiger charge is -2.30. The van der Waals surface area contributed by atoms with E-state index in [1.54, 1.807) is 36.1 Å². The minimum absolute atomic E-state index is 0.268. The van der Waals surface area contributed by atoms with Gasteiger partial charge in [-0.3, -0.25) is 14.5 Å². The van der Waals surface area contributed by atoms with Crippen molar-refractivity contribution in [2.75, 3.05) is 18.0 Å². The zero-order valence-electron chi connectivity index (χ0n) is 15.4. The maximum absolute atomic E-state index is 13.0. The first-order valence-electron chi connectivity index (χ1n) is 9.18. The summed E-state index contributed by atoms with van der Waals surface area (Å²) in [6, 6.07) is 13.9. The van der Waals surface area contributed by atoms with Gasteiger partial charge in [-0.05, 0) is 49.1 Å². The monoisotopic (exact) mass is 397 g/mol. The minimum atomic E-state index is -1.22. The van der Waals surface area contributed by atoms with Gasteiger partial charge in [0.1, 0.15) is 12.1 Å². The van der Waals surface area contributed by atoms with Gasteiger partial charge in [0.25, 0.3) is 5.91 Å². The van der Waals surface area contributed by atoms with Crippen LogP contribution in [0.1, 0.15) is 24.5 Å². The average molecular weight is 398 g/mol. The molecule has 1 fully saturated rings. The molecule has 0 aromatic heterocycles. The number of nitrogens with zero attached hydrogens (tertiary/aromatic N) is 2. The maximum Gasteiger partial charge on any atom is 0.325 e. The lowest BCUT2D eigenvalue weighted by atomic mass is 9.92. The maximum atomic E-state index is 13.0. The van der Waals surface area contributed by atoms with Crippen molar-refractivity contribution >= 4 is 35.1 Å². The van der Waals surface area contributed by atoms with Crippen molar-refractivity contribution in [2.24, 2.45) is 0 Å². The first kappa shape index (κ1) is 18.5. The molecule has 0 spiro atoms. The molecule has 2 aliphatic rings. The van der Waals surface area contributed by atoms with E-state index in [0.29, 0.717) is 17.1 Å². The van der Waals surface area contributed by atoms with Crippen LogP contribution in [0.4, 0.5) is 10.5 Å².